The number of pyridine rings is 1. The largest absolute Gasteiger partial charge is 0.480 e. The Morgan fingerprint density at radius 1 is 1.21 bits per heavy atom. The first-order valence-corrected chi connectivity index (χ1v) is 10.7. The van der Waals surface area contributed by atoms with E-state index in [2.05, 4.69) is 31.5 Å². The molecule has 0 spiro atoms. The van der Waals surface area contributed by atoms with E-state index in [-0.39, 0.29) is 7.32 Å². The number of hydrogen-bond donors (Lipinski definition) is 2. The Labute approximate surface area is 196 Å². The number of benzene rings is 1. The van der Waals surface area contributed by atoms with Gasteiger partial charge in [-0.1, -0.05) is 12.1 Å². The highest BCUT2D eigenvalue weighted by Gasteiger charge is 2.19. The Balaban J connectivity index is 0.00000342. The summed E-state index contributed by atoms with van der Waals surface area (Å²) in [6.07, 6.45) is 3.01. The van der Waals surface area contributed by atoms with Crippen molar-refractivity contribution < 1.29 is 15.7 Å². The van der Waals surface area contributed by atoms with Gasteiger partial charge < -0.3 is 19.4 Å². The fourth-order valence-electron chi connectivity index (χ4n) is 3.58. The van der Waals surface area contributed by atoms with E-state index < -0.39 is 17.6 Å². The lowest BCUT2D eigenvalue weighted by molar-refractivity contribution is -0.140. The Morgan fingerprint density at radius 2 is 1.97 bits per heavy atom. The summed E-state index contributed by atoms with van der Waals surface area (Å²) < 4.78 is 7.09. The summed E-state index contributed by atoms with van der Waals surface area (Å²) in [5, 5.41) is 20.8. The standard InChI is InChI=1S/C24H24N6O4.H2/c1-13-9-16(10-25-4)5-7-18(13)22-28-29-23(34-22)21-14(2)26-11-19(27-21)17-6-8-20(31)30(12-17)15(3)24(32)33;/h5-9,11-12,15,25H,10H2,1-4H3,(H,32,33);1H. The molecule has 0 saturated carbocycles. The highest BCUT2D eigenvalue weighted by Crippen LogP contribution is 2.28. The van der Waals surface area contributed by atoms with E-state index in [1.165, 1.54) is 19.2 Å². The van der Waals surface area contributed by atoms with Gasteiger partial charge in [0, 0.05) is 31.4 Å². The second-order valence-electron chi connectivity index (χ2n) is 7.96. The first kappa shape index (κ1) is 23.0. The van der Waals surface area contributed by atoms with Gasteiger partial charge in [-0.15, -0.1) is 10.2 Å². The van der Waals surface area contributed by atoms with Gasteiger partial charge in [0.25, 0.3) is 11.4 Å². The average Bonchev–Trinajstić information content (AvgIpc) is 3.29. The minimum atomic E-state index is -1.11. The van der Waals surface area contributed by atoms with Crippen molar-refractivity contribution in [1.29, 1.82) is 0 Å². The van der Waals surface area contributed by atoms with Gasteiger partial charge in [-0.05, 0) is 51.1 Å². The molecule has 2 N–H and O–H groups in total. The molecule has 3 heterocycles. The zero-order valence-electron chi connectivity index (χ0n) is 19.2. The molecule has 34 heavy (non-hydrogen) atoms. The molecular formula is C24H26N6O4. The maximum Gasteiger partial charge on any atom is 0.326 e. The van der Waals surface area contributed by atoms with Crippen molar-refractivity contribution in [1.82, 2.24) is 30.0 Å². The molecule has 1 atom stereocenters. The molecule has 4 aromatic rings. The lowest BCUT2D eigenvalue weighted by Crippen LogP contribution is -2.27. The Hall–Kier alpha value is -4.18. The summed E-state index contributed by atoms with van der Waals surface area (Å²) in [5.41, 5.74) is 4.55. The Kier molecular flexibility index (Phi) is 6.33. The van der Waals surface area contributed by atoms with Crippen LogP contribution in [0.2, 0.25) is 0 Å². The van der Waals surface area contributed by atoms with Crippen LogP contribution in [0.5, 0.6) is 0 Å². The number of rotatable bonds is 7. The van der Waals surface area contributed by atoms with Crippen molar-refractivity contribution in [2.24, 2.45) is 0 Å². The number of hydrogen-bond acceptors (Lipinski definition) is 8. The Morgan fingerprint density at radius 3 is 2.68 bits per heavy atom. The molecule has 10 heteroatoms. The van der Waals surface area contributed by atoms with Crippen molar-refractivity contribution in [2.75, 3.05) is 7.05 Å². The molecule has 0 amide bonds. The van der Waals surface area contributed by atoms with Crippen molar-refractivity contribution >= 4 is 5.97 Å². The number of carboxylic acids is 1. The normalized spacial score (nSPS) is 12.0. The third-order valence-electron chi connectivity index (χ3n) is 5.49. The number of nitrogens with zero attached hydrogens (tertiary/aromatic N) is 5. The molecule has 0 bridgehead atoms. The third-order valence-corrected chi connectivity index (χ3v) is 5.49. The summed E-state index contributed by atoms with van der Waals surface area (Å²) in [6.45, 7) is 5.96. The summed E-state index contributed by atoms with van der Waals surface area (Å²) in [6, 6.07) is 7.87. The third kappa shape index (κ3) is 4.48. The number of nitrogens with one attached hydrogen (secondary N) is 1. The molecule has 1 unspecified atom stereocenters. The molecule has 0 saturated heterocycles. The van der Waals surface area contributed by atoms with Gasteiger partial charge in [-0.25, -0.2) is 9.78 Å². The zero-order valence-corrected chi connectivity index (χ0v) is 19.2. The molecule has 0 fully saturated rings. The van der Waals surface area contributed by atoms with E-state index in [1.807, 2.05) is 26.1 Å². The van der Waals surface area contributed by atoms with Gasteiger partial charge in [-0.3, -0.25) is 9.78 Å². The van der Waals surface area contributed by atoms with Crippen LogP contribution in [-0.2, 0) is 11.3 Å². The average molecular weight is 463 g/mol. The monoisotopic (exact) mass is 462 g/mol. The van der Waals surface area contributed by atoms with Crippen LogP contribution in [0.15, 0.2) is 51.9 Å². The fraction of sp³-hybridized carbons (Fsp3) is 0.250. The summed E-state index contributed by atoms with van der Waals surface area (Å²) in [7, 11) is 1.90. The maximum absolute atomic E-state index is 12.1. The van der Waals surface area contributed by atoms with Crippen LogP contribution < -0.4 is 10.9 Å². The van der Waals surface area contributed by atoms with E-state index >= 15 is 0 Å². The zero-order chi connectivity index (χ0) is 24.4. The lowest BCUT2D eigenvalue weighted by atomic mass is 10.1. The van der Waals surface area contributed by atoms with Crippen molar-refractivity contribution in [3.8, 4) is 34.3 Å². The predicted molar refractivity (Wildman–Crippen MR) is 127 cm³/mol. The maximum atomic E-state index is 12.1. The first-order chi connectivity index (χ1) is 16.3. The molecule has 0 aliphatic carbocycles. The van der Waals surface area contributed by atoms with E-state index in [4.69, 9.17) is 4.42 Å². The summed E-state index contributed by atoms with van der Waals surface area (Å²) in [4.78, 5) is 32.5. The molecule has 0 radical (unpaired) electrons. The summed E-state index contributed by atoms with van der Waals surface area (Å²) in [5.74, 6) is -0.519. The quantitative estimate of drug-likeness (QED) is 0.424. The van der Waals surface area contributed by atoms with E-state index in [9.17, 15) is 14.7 Å². The topological polar surface area (TPSA) is 136 Å². The van der Waals surface area contributed by atoms with Crippen LogP contribution in [0.3, 0.4) is 0 Å². The van der Waals surface area contributed by atoms with Gasteiger partial charge in [0.15, 0.2) is 0 Å². The van der Waals surface area contributed by atoms with Crippen LogP contribution in [0.1, 0.15) is 31.2 Å². The fourth-order valence-corrected chi connectivity index (χ4v) is 3.58. The van der Waals surface area contributed by atoms with Crippen molar-refractivity contribution in [3.63, 3.8) is 0 Å². The molecule has 10 nitrogen and oxygen atoms in total. The minimum Gasteiger partial charge on any atom is -0.480 e. The number of aromatic nitrogens is 5. The van der Waals surface area contributed by atoms with Crippen molar-refractivity contribution in [3.05, 3.63) is 69.9 Å². The van der Waals surface area contributed by atoms with Crippen LogP contribution in [0.25, 0.3) is 34.3 Å². The SMILES string of the molecule is CNCc1ccc(-c2nnc(-c3nc(-c4ccc(=O)n(C(C)C(=O)O)c4)cnc3C)o2)c(C)c1.[HH]. The van der Waals surface area contributed by atoms with Crippen LogP contribution in [0, 0.1) is 13.8 Å². The smallest absolute Gasteiger partial charge is 0.326 e. The number of carbonyl (C=O) groups is 1. The predicted octanol–water partition coefficient (Wildman–Crippen LogP) is 3.25. The van der Waals surface area contributed by atoms with Gasteiger partial charge in [0.1, 0.15) is 11.7 Å². The van der Waals surface area contributed by atoms with Gasteiger partial charge in [0.05, 0.1) is 17.6 Å². The molecular weight excluding hydrogens is 436 g/mol. The number of aliphatic carboxylic acids is 1. The van der Waals surface area contributed by atoms with Crippen LogP contribution in [0.4, 0.5) is 0 Å². The lowest BCUT2D eigenvalue weighted by Gasteiger charge is -2.12. The van der Waals surface area contributed by atoms with Gasteiger partial charge >= 0.3 is 5.97 Å². The highest BCUT2D eigenvalue weighted by molar-refractivity contribution is 5.72. The summed E-state index contributed by atoms with van der Waals surface area (Å²) >= 11 is 0. The van der Waals surface area contributed by atoms with Gasteiger partial charge in [0.2, 0.25) is 5.89 Å². The van der Waals surface area contributed by atoms with Crippen LogP contribution >= 0.6 is 0 Å². The number of aryl methyl sites for hydroxylation is 2. The van der Waals surface area contributed by atoms with E-state index in [0.717, 1.165) is 27.8 Å². The molecule has 176 valence electrons. The molecule has 1 aromatic carbocycles. The second kappa shape index (κ2) is 9.36. The van der Waals surface area contributed by atoms with Crippen molar-refractivity contribution in [2.45, 2.75) is 33.4 Å². The first-order valence-electron chi connectivity index (χ1n) is 10.7. The van der Waals surface area contributed by atoms with E-state index in [1.54, 1.807) is 19.2 Å². The van der Waals surface area contributed by atoms with Gasteiger partial charge in [-0.2, -0.15) is 0 Å². The second-order valence-corrected chi connectivity index (χ2v) is 7.96. The van der Waals surface area contributed by atoms with E-state index in [0.29, 0.717) is 28.5 Å². The highest BCUT2D eigenvalue weighted by atomic mass is 16.4. The Bertz CT molecular complexity index is 1430. The van der Waals surface area contributed by atoms with Crippen LogP contribution in [-0.4, -0.2) is 42.9 Å². The molecule has 4 rings (SSSR count). The molecule has 0 aliphatic rings. The number of carboxylic acid groups (broad SMARTS) is 1. The minimum absolute atomic E-state index is 0. The molecule has 0 aliphatic heterocycles. The molecule has 3 aromatic heterocycles.